The topological polar surface area (TPSA) is 58.6 Å². The molecule has 0 spiro atoms. The summed E-state index contributed by atoms with van der Waals surface area (Å²) >= 11 is 0. The first-order valence-electron chi connectivity index (χ1n) is 10.4. The lowest BCUT2D eigenvalue weighted by molar-refractivity contribution is -0.280. The Hall–Kier alpha value is -3.13. The summed E-state index contributed by atoms with van der Waals surface area (Å²) < 4.78 is 62.5. The van der Waals surface area contributed by atoms with Gasteiger partial charge in [-0.3, -0.25) is 4.79 Å². The molecular formula is C25H23F4NO3. The van der Waals surface area contributed by atoms with Gasteiger partial charge in [0.25, 0.3) is 5.91 Å². The Morgan fingerprint density at radius 3 is 2.42 bits per heavy atom. The quantitative estimate of drug-likeness (QED) is 0.511. The Bertz CT molecular complexity index is 1230. The van der Waals surface area contributed by atoms with Crippen molar-refractivity contribution in [1.29, 1.82) is 0 Å². The monoisotopic (exact) mass is 461 g/mol. The molecule has 0 unspecified atom stereocenters. The van der Waals surface area contributed by atoms with E-state index in [-0.39, 0.29) is 22.4 Å². The molecule has 4 rings (SSSR count). The van der Waals surface area contributed by atoms with Crippen molar-refractivity contribution in [2.24, 2.45) is 0 Å². The van der Waals surface area contributed by atoms with Crippen molar-refractivity contribution in [3.63, 3.8) is 0 Å². The van der Waals surface area contributed by atoms with Crippen LogP contribution in [-0.4, -0.2) is 29.9 Å². The van der Waals surface area contributed by atoms with Crippen LogP contribution in [0.4, 0.5) is 17.6 Å². The fraction of sp³-hybridized carbons (Fsp3) is 0.320. The number of rotatable bonds is 3. The second-order valence-corrected chi connectivity index (χ2v) is 8.96. The zero-order valence-corrected chi connectivity index (χ0v) is 18.3. The van der Waals surface area contributed by atoms with E-state index in [9.17, 15) is 27.5 Å². The molecule has 0 heterocycles. The second-order valence-electron chi connectivity index (χ2n) is 8.96. The predicted molar refractivity (Wildman–Crippen MR) is 116 cm³/mol. The smallest absolute Gasteiger partial charge is 0.419 e. The number of alkyl halides is 3. The maximum atomic E-state index is 14.5. The maximum absolute atomic E-state index is 14.5. The van der Waals surface area contributed by atoms with Crippen molar-refractivity contribution in [1.82, 2.24) is 5.32 Å². The largest absolute Gasteiger partial charge is 0.493 e. The van der Waals surface area contributed by atoms with Gasteiger partial charge in [0.1, 0.15) is 0 Å². The molecule has 0 bridgehead atoms. The van der Waals surface area contributed by atoms with Crippen LogP contribution >= 0.6 is 0 Å². The van der Waals surface area contributed by atoms with E-state index in [1.165, 1.54) is 33.1 Å². The SMILES string of the molecule is COc1c(F)ccc2c1C(C)(C)C[C@@](O)(C(F)(F)F)[C@H]2NC(=O)c1cccc2ccccc12. The molecule has 0 saturated carbocycles. The fourth-order valence-electron chi connectivity index (χ4n) is 4.93. The summed E-state index contributed by atoms with van der Waals surface area (Å²) in [5, 5.41) is 14.7. The summed E-state index contributed by atoms with van der Waals surface area (Å²) in [4.78, 5) is 13.2. The zero-order chi connectivity index (χ0) is 24.2. The van der Waals surface area contributed by atoms with E-state index in [0.29, 0.717) is 5.39 Å². The summed E-state index contributed by atoms with van der Waals surface area (Å²) in [6.07, 6.45) is -5.86. The van der Waals surface area contributed by atoms with Crippen LogP contribution in [0.5, 0.6) is 5.75 Å². The number of aliphatic hydroxyl groups is 1. The van der Waals surface area contributed by atoms with E-state index in [1.807, 2.05) is 0 Å². The molecule has 3 aromatic carbocycles. The van der Waals surface area contributed by atoms with E-state index in [2.05, 4.69) is 5.32 Å². The molecule has 0 aromatic heterocycles. The van der Waals surface area contributed by atoms with Crippen LogP contribution in [0.15, 0.2) is 54.6 Å². The van der Waals surface area contributed by atoms with Crippen LogP contribution in [0.25, 0.3) is 10.8 Å². The lowest BCUT2D eigenvalue weighted by atomic mass is 9.63. The van der Waals surface area contributed by atoms with Gasteiger partial charge in [-0.2, -0.15) is 13.2 Å². The summed E-state index contributed by atoms with van der Waals surface area (Å²) in [5.41, 5.74) is -4.28. The van der Waals surface area contributed by atoms with Crippen LogP contribution in [0.3, 0.4) is 0 Å². The molecule has 0 fully saturated rings. The molecular weight excluding hydrogens is 438 g/mol. The van der Waals surface area contributed by atoms with Gasteiger partial charge in [-0.25, -0.2) is 4.39 Å². The molecule has 8 heteroatoms. The van der Waals surface area contributed by atoms with Gasteiger partial charge < -0.3 is 15.2 Å². The number of halogens is 4. The predicted octanol–water partition coefficient (Wildman–Crippen LogP) is 5.43. The third-order valence-corrected chi connectivity index (χ3v) is 6.32. The van der Waals surface area contributed by atoms with E-state index in [4.69, 9.17) is 4.74 Å². The van der Waals surface area contributed by atoms with Gasteiger partial charge in [-0.15, -0.1) is 0 Å². The highest BCUT2D eigenvalue weighted by Crippen LogP contribution is 2.55. The minimum absolute atomic E-state index is 0.0436. The van der Waals surface area contributed by atoms with Crippen molar-refractivity contribution >= 4 is 16.7 Å². The number of hydrogen-bond donors (Lipinski definition) is 2. The Balaban J connectivity index is 1.90. The Morgan fingerprint density at radius 2 is 1.76 bits per heavy atom. The third kappa shape index (κ3) is 3.62. The molecule has 174 valence electrons. The third-order valence-electron chi connectivity index (χ3n) is 6.32. The number of nitrogens with one attached hydrogen (secondary N) is 1. The van der Waals surface area contributed by atoms with E-state index in [0.717, 1.165) is 11.5 Å². The highest BCUT2D eigenvalue weighted by molar-refractivity contribution is 6.07. The highest BCUT2D eigenvalue weighted by Gasteiger charge is 2.64. The fourth-order valence-corrected chi connectivity index (χ4v) is 4.93. The summed E-state index contributed by atoms with van der Waals surface area (Å²) in [6, 6.07) is 12.2. The minimum Gasteiger partial charge on any atom is -0.493 e. The molecule has 1 aliphatic carbocycles. The average molecular weight is 461 g/mol. The summed E-state index contributed by atoms with van der Waals surface area (Å²) in [5.74, 6) is -1.72. The molecule has 1 amide bonds. The van der Waals surface area contributed by atoms with Crippen LogP contribution in [-0.2, 0) is 5.41 Å². The van der Waals surface area contributed by atoms with E-state index < -0.39 is 41.4 Å². The molecule has 1 aliphatic rings. The van der Waals surface area contributed by atoms with Crippen LogP contribution in [0.2, 0.25) is 0 Å². The number of carbonyl (C=O) groups is 1. The van der Waals surface area contributed by atoms with Gasteiger partial charge in [-0.1, -0.05) is 56.3 Å². The Morgan fingerprint density at radius 1 is 1.09 bits per heavy atom. The normalized spacial score (nSPS) is 22.0. The first kappa shape index (κ1) is 23.0. The highest BCUT2D eigenvalue weighted by atomic mass is 19.4. The molecule has 0 radical (unpaired) electrons. The number of carbonyl (C=O) groups excluding carboxylic acids is 1. The summed E-state index contributed by atoms with van der Waals surface area (Å²) in [7, 11) is 1.23. The van der Waals surface area contributed by atoms with Crippen molar-refractivity contribution in [2.75, 3.05) is 7.11 Å². The first-order chi connectivity index (χ1) is 15.4. The number of methoxy groups -OCH3 is 1. The van der Waals surface area contributed by atoms with Gasteiger partial charge in [0.2, 0.25) is 0 Å². The van der Waals surface area contributed by atoms with Crippen molar-refractivity contribution < 1.29 is 32.2 Å². The Kier molecular flexibility index (Phi) is 5.40. The molecule has 33 heavy (non-hydrogen) atoms. The van der Waals surface area contributed by atoms with Crippen molar-refractivity contribution in [2.45, 2.75) is 43.5 Å². The second kappa shape index (κ2) is 7.73. The number of amides is 1. The molecule has 2 atom stereocenters. The lowest BCUT2D eigenvalue weighted by Gasteiger charge is -2.49. The number of benzene rings is 3. The summed E-state index contributed by atoms with van der Waals surface area (Å²) in [6.45, 7) is 2.96. The first-order valence-corrected chi connectivity index (χ1v) is 10.4. The van der Waals surface area contributed by atoms with E-state index in [1.54, 1.807) is 36.4 Å². The van der Waals surface area contributed by atoms with Gasteiger partial charge in [-0.05, 0) is 40.3 Å². The van der Waals surface area contributed by atoms with Crippen LogP contribution in [0, 0.1) is 5.82 Å². The van der Waals surface area contributed by atoms with Crippen LogP contribution in [0.1, 0.15) is 47.8 Å². The average Bonchev–Trinajstić information content (AvgIpc) is 2.75. The molecule has 2 N–H and O–H groups in total. The molecule has 0 saturated heterocycles. The van der Waals surface area contributed by atoms with Gasteiger partial charge in [0.15, 0.2) is 17.2 Å². The Labute approximate surface area is 188 Å². The van der Waals surface area contributed by atoms with Crippen molar-refractivity contribution in [3.8, 4) is 5.75 Å². The molecule has 4 nitrogen and oxygen atoms in total. The van der Waals surface area contributed by atoms with Gasteiger partial charge >= 0.3 is 6.18 Å². The lowest BCUT2D eigenvalue weighted by Crippen LogP contribution is -2.60. The number of hydrogen-bond acceptors (Lipinski definition) is 3. The molecule has 3 aromatic rings. The van der Waals surface area contributed by atoms with Gasteiger partial charge in [0, 0.05) is 11.1 Å². The maximum Gasteiger partial charge on any atom is 0.419 e. The van der Waals surface area contributed by atoms with Gasteiger partial charge in [0.05, 0.1) is 13.2 Å². The standard InChI is InChI=1S/C25H23F4NO3/c1-23(2)13-24(32,25(27,28)29)21(17-11-12-18(26)20(33-3)19(17)23)30-22(31)16-10-6-8-14-7-4-5-9-15(14)16/h4-12,21,32H,13H2,1-3H3,(H,30,31)/t21-,24-/m0/s1. The zero-order valence-electron chi connectivity index (χ0n) is 18.3. The van der Waals surface area contributed by atoms with Crippen molar-refractivity contribution in [3.05, 3.63) is 77.1 Å². The molecule has 0 aliphatic heterocycles. The minimum atomic E-state index is -5.07. The number of ether oxygens (including phenoxy) is 1. The van der Waals surface area contributed by atoms with E-state index >= 15 is 0 Å². The van der Waals surface area contributed by atoms with Crippen LogP contribution < -0.4 is 10.1 Å². The number of fused-ring (bicyclic) bond motifs is 2.